The van der Waals surface area contributed by atoms with Crippen LogP contribution in [0.1, 0.15) is 25.3 Å². The number of fused-ring (bicyclic) bond motifs is 3. The van der Waals surface area contributed by atoms with Crippen LogP contribution < -0.4 is 0 Å². The van der Waals surface area contributed by atoms with Crippen LogP contribution in [-0.4, -0.2) is 15.6 Å². The van der Waals surface area contributed by atoms with Gasteiger partial charge < -0.3 is 0 Å². The maximum absolute atomic E-state index is 10.8. The van der Waals surface area contributed by atoms with Crippen LogP contribution in [-0.2, 0) is 0 Å². The molecule has 0 fully saturated rings. The first-order chi connectivity index (χ1) is 8.58. The van der Waals surface area contributed by atoms with Crippen LogP contribution >= 0.6 is 0 Å². The van der Waals surface area contributed by atoms with Crippen molar-refractivity contribution in [3.63, 3.8) is 0 Å². The lowest BCUT2D eigenvalue weighted by Gasteiger charge is -2.08. The molecule has 18 heavy (non-hydrogen) atoms. The molecule has 0 saturated carbocycles. The summed E-state index contributed by atoms with van der Waals surface area (Å²) in [6.07, 6.45) is 1.29. The molecule has 0 radical (unpaired) electrons. The molecule has 0 bridgehead atoms. The van der Waals surface area contributed by atoms with Gasteiger partial charge in [-0.1, -0.05) is 6.92 Å². The second-order valence-corrected chi connectivity index (χ2v) is 4.49. The van der Waals surface area contributed by atoms with E-state index in [0.29, 0.717) is 0 Å². The Morgan fingerprint density at radius 2 is 2.17 bits per heavy atom. The van der Waals surface area contributed by atoms with Crippen molar-refractivity contribution in [2.24, 2.45) is 4.99 Å². The van der Waals surface area contributed by atoms with Crippen molar-refractivity contribution < 1.29 is 4.92 Å². The van der Waals surface area contributed by atoms with Crippen molar-refractivity contribution in [3.05, 3.63) is 40.1 Å². The molecule has 1 aromatic carbocycles. The fourth-order valence-electron chi connectivity index (χ4n) is 2.35. The Bertz CT molecular complexity index is 707. The summed E-state index contributed by atoms with van der Waals surface area (Å²) >= 11 is 0. The van der Waals surface area contributed by atoms with Gasteiger partial charge in [0.05, 0.1) is 16.1 Å². The summed E-state index contributed by atoms with van der Waals surface area (Å²) in [4.78, 5) is 19.0. The van der Waals surface area contributed by atoms with Gasteiger partial charge in [0.2, 0.25) is 0 Å². The maximum Gasteiger partial charge on any atom is 0.288 e. The number of aliphatic imine (C=N–C) groups is 1. The fourth-order valence-corrected chi connectivity index (χ4v) is 2.35. The third-order valence-corrected chi connectivity index (χ3v) is 3.44. The van der Waals surface area contributed by atoms with Crippen molar-refractivity contribution >= 4 is 28.0 Å². The van der Waals surface area contributed by atoms with E-state index in [0.717, 1.165) is 27.9 Å². The predicted octanol–water partition coefficient (Wildman–Crippen LogP) is 3.35. The van der Waals surface area contributed by atoms with E-state index in [1.807, 2.05) is 19.1 Å². The van der Waals surface area contributed by atoms with Gasteiger partial charge in [-0.2, -0.15) is 0 Å². The van der Waals surface area contributed by atoms with E-state index >= 15 is 0 Å². The molecule has 3 rings (SSSR count). The Balaban J connectivity index is 2.33. The molecule has 0 N–H and O–H groups in total. The number of aromatic nitrogens is 1. The van der Waals surface area contributed by atoms with Crippen molar-refractivity contribution in [1.29, 1.82) is 0 Å². The number of nitrogens with zero attached hydrogens (tertiary/aromatic N) is 3. The Morgan fingerprint density at radius 3 is 2.89 bits per heavy atom. The molecule has 0 amide bonds. The highest BCUT2D eigenvalue weighted by molar-refractivity contribution is 6.02. The minimum atomic E-state index is -0.417. The Morgan fingerprint density at radius 1 is 1.39 bits per heavy atom. The molecule has 0 spiro atoms. The summed E-state index contributed by atoms with van der Waals surface area (Å²) in [5.74, 6) is 0.188. The number of nitro groups is 1. The lowest BCUT2D eigenvalue weighted by atomic mass is 9.94. The molecule has 2 aromatic rings. The summed E-state index contributed by atoms with van der Waals surface area (Å²) in [7, 11) is 0. The average Bonchev–Trinajstić information content (AvgIpc) is 2.65. The summed E-state index contributed by atoms with van der Waals surface area (Å²) in [6.45, 7) is 4.03. The van der Waals surface area contributed by atoms with Gasteiger partial charge in [-0.05, 0) is 24.6 Å². The van der Waals surface area contributed by atoms with E-state index in [1.165, 1.54) is 6.20 Å². The molecule has 90 valence electrons. The third kappa shape index (κ3) is 1.40. The Kier molecular flexibility index (Phi) is 2.16. The Labute approximate surface area is 103 Å². The highest BCUT2D eigenvalue weighted by Gasteiger charge is 2.23. The van der Waals surface area contributed by atoms with Crippen molar-refractivity contribution in [2.45, 2.75) is 19.8 Å². The zero-order chi connectivity index (χ0) is 12.9. The smallest absolute Gasteiger partial charge is 0.258 e. The van der Waals surface area contributed by atoms with Crippen LogP contribution in [0.5, 0.6) is 0 Å². The van der Waals surface area contributed by atoms with Crippen molar-refractivity contribution in [1.82, 2.24) is 4.98 Å². The molecule has 1 atom stereocenters. The summed E-state index contributed by atoms with van der Waals surface area (Å²) in [5, 5.41) is 11.7. The van der Waals surface area contributed by atoms with Gasteiger partial charge in [0.15, 0.2) is 0 Å². The van der Waals surface area contributed by atoms with Crippen LogP contribution in [0.15, 0.2) is 29.4 Å². The standard InChI is InChI=1S/C13H11N3O2/c1-7-8(2)15-12-4-3-11-10(13(7)12)5-9(6-14-11)16(17)18/h3-7H,1-2H3. The number of rotatable bonds is 1. The lowest BCUT2D eigenvalue weighted by Crippen LogP contribution is -2.00. The SMILES string of the molecule is CC1=Nc2ccc3ncc([N+](=O)[O-])cc3c2C1C. The quantitative estimate of drug-likeness (QED) is 0.567. The fraction of sp³-hybridized carbons (Fsp3) is 0.231. The highest BCUT2D eigenvalue weighted by Crippen LogP contribution is 2.40. The monoisotopic (exact) mass is 241 g/mol. The maximum atomic E-state index is 10.8. The van der Waals surface area contributed by atoms with E-state index < -0.39 is 4.92 Å². The van der Waals surface area contributed by atoms with Crippen molar-refractivity contribution in [3.8, 4) is 0 Å². The molecule has 2 heterocycles. The molecule has 5 nitrogen and oxygen atoms in total. The summed E-state index contributed by atoms with van der Waals surface area (Å²) in [6, 6.07) is 5.36. The number of hydrogen-bond donors (Lipinski definition) is 0. The van der Waals surface area contributed by atoms with E-state index in [9.17, 15) is 10.1 Å². The van der Waals surface area contributed by atoms with Crippen LogP contribution in [0, 0.1) is 10.1 Å². The zero-order valence-corrected chi connectivity index (χ0v) is 10.0. The van der Waals surface area contributed by atoms with Gasteiger partial charge in [-0.15, -0.1) is 0 Å². The molecule has 5 heteroatoms. The first kappa shape index (κ1) is 10.8. The molecular weight excluding hydrogens is 230 g/mol. The third-order valence-electron chi connectivity index (χ3n) is 3.44. The normalized spacial score (nSPS) is 17.7. The van der Waals surface area contributed by atoms with Gasteiger partial charge in [0.1, 0.15) is 6.20 Å². The van der Waals surface area contributed by atoms with Gasteiger partial charge >= 0.3 is 0 Å². The van der Waals surface area contributed by atoms with Gasteiger partial charge in [-0.25, -0.2) is 4.98 Å². The minimum absolute atomic E-state index is 0.0210. The number of pyridine rings is 1. The second kappa shape index (κ2) is 3.60. The molecule has 1 aliphatic heterocycles. The molecule has 1 unspecified atom stereocenters. The first-order valence-corrected chi connectivity index (χ1v) is 5.70. The second-order valence-electron chi connectivity index (χ2n) is 4.49. The highest BCUT2D eigenvalue weighted by atomic mass is 16.6. The molecule has 0 aliphatic carbocycles. The topological polar surface area (TPSA) is 68.4 Å². The predicted molar refractivity (Wildman–Crippen MR) is 69.6 cm³/mol. The number of benzene rings is 1. The zero-order valence-electron chi connectivity index (χ0n) is 10.0. The largest absolute Gasteiger partial charge is 0.288 e. The molecule has 0 saturated heterocycles. The first-order valence-electron chi connectivity index (χ1n) is 5.70. The summed E-state index contributed by atoms with van der Waals surface area (Å²) in [5.41, 5.74) is 3.77. The minimum Gasteiger partial charge on any atom is -0.258 e. The van der Waals surface area contributed by atoms with Gasteiger partial charge in [0, 0.05) is 23.1 Å². The lowest BCUT2D eigenvalue weighted by molar-refractivity contribution is -0.385. The average molecular weight is 241 g/mol. The Hall–Kier alpha value is -2.30. The molecule has 1 aliphatic rings. The van der Waals surface area contributed by atoms with E-state index in [-0.39, 0.29) is 11.6 Å². The van der Waals surface area contributed by atoms with Crippen LogP contribution in [0.3, 0.4) is 0 Å². The van der Waals surface area contributed by atoms with E-state index in [1.54, 1.807) is 6.07 Å². The van der Waals surface area contributed by atoms with Crippen LogP contribution in [0.25, 0.3) is 10.9 Å². The van der Waals surface area contributed by atoms with Gasteiger partial charge in [0.25, 0.3) is 5.69 Å². The van der Waals surface area contributed by atoms with Crippen molar-refractivity contribution in [2.75, 3.05) is 0 Å². The van der Waals surface area contributed by atoms with Crippen LogP contribution in [0.2, 0.25) is 0 Å². The molecule has 1 aromatic heterocycles. The van der Waals surface area contributed by atoms with Crippen LogP contribution in [0.4, 0.5) is 11.4 Å². The van der Waals surface area contributed by atoms with E-state index in [2.05, 4.69) is 16.9 Å². The summed E-state index contributed by atoms with van der Waals surface area (Å²) < 4.78 is 0. The number of hydrogen-bond acceptors (Lipinski definition) is 4. The molecular formula is C13H11N3O2. The van der Waals surface area contributed by atoms with E-state index in [4.69, 9.17) is 0 Å². The van der Waals surface area contributed by atoms with Gasteiger partial charge in [-0.3, -0.25) is 15.1 Å².